The Hall–Kier alpha value is -0.430. The van der Waals surface area contributed by atoms with Gasteiger partial charge >= 0.3 is 0 Å². The van der Waals surface area contributed by atoms with E-state index in [1.807, 2.05) is 20.8 Å². The van der Waals surface area contributed by atoms with Gasteiger partial charge in [-0.3, -0.25) is 0 Å². The molecule has 0 saturated carbocycles. The van der Waals surface area contributed by atoms with Gasteiger partial charge in [0, 0.05) is 11.0 Å². The molecule has 0 bridgehead atoms. The molecule has 1 aromatic rings. The summed E-state index contributed by atoms with van der Waals surface area (Å²) in [4.78, 5) is 0.184. The highest BCUT2D eigenvalue weighted by atomic mass is 79.9. The van der Waals surface area contributed by atoms with E-state index in [4.69, 9.17) is 5.11 Å². The number of hydrogen-bond donors (Lipinski definition) is 2. The third-order valence-electron chi connectivity index (χ3n) is 2.26. The van der Waals surface area contributed by atoms with Gasteiger partial charge in [0.2, 0.25) is 10.0 Å². The fourth-order valence-corrected chi connectivity index (χ4v) is 3.66. The Kier molecular flexibility index (Phi) is 4.94. The predicted octanol–water partition coefficient (Wildman–Crippen LogP) is 2.27. The van der Waals surface area contributed by atoms with Gasteiger partial charge in [-0.05, 0) is 39.0 Å². The number of aliphatic hydroxyl groups is 1. The first-order valence-electron chi connectivity index (χ1n) is 5.55. The molecule has 1 rings (SSSR count). The second-order valence-corrected chi connectivity index (χ2v) is 7.90. The minimum absolute atomic E-state index is 0.117. The highest BCUT2D eigenvalue weighted by Gasteiger charge is 2.20. The summed E-state index contributed by atoms with van der Waals surface area (Å²) in [6.07, 6.45) is 0. The van der Waals surface area contributed by atoms with E-state index < -0.39 is 10.0 Å². The van der Waals surface area contributed by atoms with Crippen LogP contribution in [0.25, 0.3) is 0 Å². The molecule has 1 aromatic carbocycles. The minimum atomic E-state index is -3.53. The van der Waals surface area contributed by atoms with Crippen molar-refractivity contribution in [1.29, 1.82) is 0 Å². The van der Waals surface area contributed by atoms with Gasteiger partial charge in [-0.25, -0.2) is 13.1 Å². The number of aliphatic hydroxyl groups excluding tert-OH is 1. The Morgan fingerprint density at radius 1 is 1.33 bits per heavy atom. The Bertz CT molecular complexity index is 521. The van der Waals surface area contributed by atoms with E-state index in [0.29, 0.717) is 16.6 Å². The lowest BCUT2D eigenvalue weighted by Gasteiger charge is -2.19. The van der Waals surface area contributed by atoms with Gasteiger partial charge < -0.3 is 5.11 Å². The summed E-state index contributed by atoms with van der Waals surface area (Å²) in [6.45, 7) is 6.12. The summed E-state index contributed by atoms with van der Waals surface area (Å²) in [7, 11) is -3.53. The van der Waals surface area contributed by atoms with Crippen LogP contribution in [0.1, 0.15) is 26.3 Å². The topological polar surface area (TPSA) is 66.4 Å². The number of halogens is 1. The van der Waals surface area contributed by atoms with Crippen LogP contribution in [0.5, 0.6) is 0 Å². The van der Waals surface area contributed by atoms with E-state index in [1.165, 1.54) is 6.07 Å². The molecule has 4 nitrogen and oxygen atoms in total. The van der Waals surface area contributed by atoms with E-state index in [0.717, 1.165) is 0 Å². The lowest BCUT2D eigenvalue weighted by Crippen LogP contribution is -2.32. The standard InChI is InChI=1S/C12H18BrNO3S/c1-12(2,3)8-14-18(16,17)11-5-4-9(7-15)6-10(11)13/h4-6,14-15H,7-8H2,1-3H3. The second-order valence-electron chi connectivity index (χ2n) is 5.31. The van der Waals surface area contributed by atoms with Crippen molar-refractivity contribution in [3.05, 3.63) is 28.2 Å². The Balaban J connectivity index is 2.99. The van der Waals surface area contributed by atoms with Crippen LogP contribution in [0.3, 0.4) is 0 Å². The number of hydrogen-bond acceptors (Lipinski definition) is 3. The molecule has 0 aromatic heterocycles. The normalized spacial score (nSPS) is 12.7. The Labute approximate surface area is 117 Å². The van der Waals surface area contributed by atoms with E-state index in [1.54, 1.807) is 12.1 Å². The van der Waals surface area contributed by atoms with Gasteiger partial charge in [-0.15, -0.1) is 0 Å². The molecule has 0 aliphatic rings. The Morgan fingerprint density at radius 2 is 1.94 bits per heavy atom. The average molecular weight is 336 g/mol. The van der Waals surface area contributed by atoms with Gasteiger partial charge in [0.05, 0.1) is 11.5 Å². The molecule has 6 heteroatoms. The zero-order chi connectivity index (χ0) is 14.0. The SMILES string of the molecule is CC(C)(C)CNS(=O)(=O)c1ccc(CO)cc1Br. The van der Waals surface area contributed by atoms with Crippen molar-refractivity contribution >= 4 is 26.0 Å². The monoisotopic (exact) mass is 335 g/mol. The molecule has 0 saturated heterocycles. The third-order valence-corrected chi connectivity index (χ3v) is 4.64. The molecule has 0 aliphatic carbocycles. The number of benzene rings is 1. The summed E-state index contributed by atoms with van der Waals surface area (Å²) < 4.78 is 27.2. The van der Waals surface area contributed by atoms with Crippen LogP contribution in [0.15, 0.2) is 27.6 Å². The number of sulfonamides is 1. The van der Waals surface area contributed by atoms with E-state index in [9.17, 15) is 8.42 Å². The van der Waals surface area contributed by atoms with Crippen molar-refractivity contribution in [1.82, 2.24) is 4.72 Å². The molecule has 0 amide bonds. The van der Waals surface area contributed by atoms with E-state index in [-0.39, 0.29) is 16.9 Å². The van der Waals surface area contributed by atoms with Gasteiger partial charge in [0.25, 0.3) is 0 Å². The highest BCUT2D eigenvalue weighted by molar-refractivity contribution is 9.10. The van der Waals surface area contributed by atoms with Crippen molar-refractivity contribution < 1.29 is 13.5 Å². The fraction of sp³-hybridized carbons (Fsp3) is 0.500. The zero-order valence-corrected chi connectivity index (χ0v) is 13.1. The summed E-state index contributed by atoms with van der Waals surface area (Å²) in [5, 5.41) is 8.98. The van der Waals surface area contributed by atoms with Gasteiger partial charge in [0.1, 0.15) is 0 Å². The van der Waals surface area contributed by atoms with Crippen molar-refractivity contribution in [2.45, 2.75) is 32.3 Å². The van der Waals surface area contributed by atoms with Crippen LogP contribution >= 0.6 is 15.9 Å². The van der Waals surface area contributed by atoms with Crippen molar-refractivity contribution in [3.8, 4) is 0 Å². The van der Waals surface area contributed by atoms with Gasteiger partial charge in [-0.2, -0.15) is 0 Å². The molecule has 102 valence electrons. The summed E-state index contributed by atoms with van der Waals surface area (Å²) >= 11 is 3.21. The fourth-order valence-electron chi connectivity index (χ4n) is 1.25. The first-order chi connectivity index (χ1) is 8.15. The highest BCUT2D eigenvalue weighted by Crippen LogP contribution is 2.24. The molecule has 2 N–H and O–H groups in total. The minimum Gasteiger partial charge on any atom is -0.392 e. The van der Waals surface area contributed by atoms with Crippen LogP contribution in [-0.4, -0.2) is 20.1 Å². The van der Waals surface area contributed by atoms with Crippen LogP contribution in [0, 0.1) is 5.41 Å². The first-order valence-corrected chi connectivity index (χ1v) is 7.82. The molecule has 0 spiro atoms. The molecule has 0 fully saturated rings. The second kappa shape index (κ2) is 5.69. The maximum Gasteiger partial charge on any atom is 0.241 e. The van der Waals surface area contributed by atoms with Gasteiger partial charge in [-0.1, -0.05) is 26.8 Å². The molecular weight excluding hydrogens is 318 g/mol. The molecule has 0 heterocycles. The number of rotatable bonds is 4. The molecule has 0 aliphatic heterocycles. The maximum atomic E-state index is 12.1. The molecule has 18 heavy (non-hydrogen) atoms. The predicted molar refractivity (Wildman–Crippen MR) is 74.7 cm³/mol. The average Bonchev–Trinajstić information content (AvgIpc) is 2.25. The first kappa shape index (κ1) is 15.6. The maximum absolute atomic E-state index is 12.1. The summed E-state index contributed by atoms with van der Waals surface area (Å²) in [6, 6.07) is 4.68. The molecule has 0 radical (unpaired) electrons. The summed E-state index contributed by atoms with van der Waals surface area (Å²) in [5.41, 5.74) is 0.543. The smallest absolute Gasteiger partial charge is 0.241 e. The largest absolute Gasteiger partial charge is 0.392 e. The number of nitrogens with one attached hydrogen (secondary N) is 1. The van der Waals surface area contributed by atoms with Crippen LogP contribution < -0.4 is 4.72 Å². The summed E-state index contributed by atoms with van der Waals surface area (Å²) in [5.74, 6) is 0. The zero-order valence-electron chi connectivity index (χ0n) is 10.7. The quantitative estimate of drug-likeness (QED) is 0.886. The Morgan fingerprint density at radius 3 is 2.39 bits per heavy atom. The van der Waals surface area contributed by atoms with E-state index in [2.05, 4.69) is 20.7 Å². The van der Waals surface area contributed by atoms with Crippen LogP contribution in [-0.2, 0) is 16.6 Å². The molecule has 0 atom stereocenters. The van der Waals surface area contributed by atoms with Crippen molar-refractivity contribution in [3.63, 3.8) is 0 Å². The van der Waals surface area contributed by atoms with Crippen LogP contribution in [0.4, 0.5) is 0 Å². The van der Waals surface area contributed by atoms with Gasteiger partial charge in [0.15, 0.2) is 0 Å². The molecular formula is C12H18BrNO3S. The van der Waals surface area contributed by atoms with Crippen molar-refractivity contribution in [2.75, 3.05) is 6.54 Å². The molecule has 0 unspecified atom stereocenters. The lowest BCUT2D eigenvalue weighted by molar-refractivity contribution is 0.281. The lowest BCUT2D eigenvalue weighted by atomic mass is 9.98. The van der Waals surface area contributed by atoms with Crippen LogP contribution in [0.2, 0.25) is 0 Å². The third kappa shape index (κ3) is 4.35. The van der Waals surface area contributed by atoms with E-state index >= 15 is 0 Å². The van der Waals surface area contributed by atoms with Crippen molar-refractivity contribution in [2.24, 2.45) is 5.41 Å².